The van der Waals surface area contributed by atoms with Crippen LogP contribution in [0.4, 0.5) is 0 Å². The van der Waals surface area contributed by atoms with E-state index < -0.39 is 0 Å². The smallest absolute Gasteiger partial charge is 0.193 e. The molecule has 0 radical (unpaired) electrons. The summed E-state index contributed by atoms with van der Waals surface area (Å²) in [5.41, 5.74) is 1.14. The topological polar surface area (TPSA) is 40.8 Å². The molecule has 2 atom stereocenters. The first kappa shape index (κ1) is 13.1. The van der Waals surface area contributed by atoms with Crippen LogP contribution in [0.5, 0.6) is 0 Å². The maximum absolute atomic E-state index is 9.63. The third-order valence-electron chi connectivity index (χ3n) is 3.87. The van der Waals surface area contributed by atoms with Crippen molar-refractivity contribution in [2.75, 3.05) is 6.54 Å². The number of imidazole rings is 1. The number of likely N-dealkylation sites (tertiary alicyclic amines) is 1. The molecular weight excluding hydrogens is 258 g/mol. The lowest BCUT2D eigenvalue weighted by Crippen LogP contribution is -2.40. The van der Waals surface area contributed by atoms with Crippen LogP contribution >= 0.6 is 11.3 Å². The van der Waals surface area contributed by atoms with Gasteiger partial charge in [-0.15, -0.1) is 11.3 Å². The minimum atomic E-state index is -0.212. The van der Waals surface area contributed by atoms with Crippen molar-refractivity contribution in [1.29, 1.82) is 0 Å². The molecule has 3 heterocycles. The van der Waals surface area contributed by atoms with Crippen LogP contribution in [0.25, 0.3) is 4.96 Å². The summed E-state index contributed by atoms with van der Waals surface area (Å²) in [4.78, 5) is 8.22. The van der Waals surface area contributed by atoms with E-state index in [1.54, 1.807) is 11.3 Å². The summed E-state index contributed by atoms with van der Waals surface area (Å²) in [6.07, 6.45) is 8.59. The molecule has 2 aromatic rings. The SMILES string of the molecule is CC(O)CC1CCCCN1Cc1cn2ccsc2n1. The largest absolute Gasteiger partial charge is 0.393 e. The lowest BCUT2D eigenvalue weighted by atomic mass is 9.97. The maximum Gasteiger partial charge on any atom is 0.193 e. The van der Waals surface area contributed by atoms with Crippen LogP contribution in [-0.2, 0) is 6.54 Å². The lowest BCUT2D eigenvalue weighted by Gasteiger charge is -2.36. The first-order valence-electron chi connectivity index (χ1n) is 7.05. The van der Waals surface area contributed by atoms with E-state index >= 15 is 0 Å². The monoisotopic (exact) mass is 279 g/mol. The van der Waals surface area contributed by atoms with Gasteiger partial charge in [0.1, 0.15) is 0 Å². The Kier molecular flexibility index (Phi) is 3.86. The predicted molar refractivity (Wildman–Crippen MR) is 77.4 cm³/mol. The fourth-order valence-electron chi connectivity index (χ4n) is 2.99. The highest BCUT2D eigenvalue weighted by atomic mass is 32.1. The maximum atomic E-state index is 9.63. The van der Waals surface area contributed by atoms with Gasteiger partial charge in [0.15, 0.2) is 4.96 Å². The number of hydrogen-bond donors (Lipinski definition) is 1. The van der Waals surface area contributed by atoms with Gasteiger partial charge in [-0.3, -0.25) is 9.30 Å². The number of hydrogen-bond acceptors (Lipinski definition) is 4. The Hall–Kier alpha value is -0.910. The van der Waals surface area contributed by atoms with Crippen molar-refractivity contribution >= 4 is 16.3 Å². The van der Waals surface area contributed by atoms with Crippen molar-refractivity contribution in [2.45, 2.75) is 51.3 Å². The Labute approximate surface area is 117 Å². The van der Waals surface area contributed by atoms with Crippen LogP contribution in [0.1, 0.15) is 38.3 Å². The second kappa shape index (κ2) is 5.61. The van der Waals surface area contributed by atoms with Gasteiger partial charge in [0.05, 0.1) is 11.8 Å². The molecule has 2 aromatic heterocycles. The highest BCUT2D eigenvalue weighted by molar-refractivity contribution is 7.15. The molecule has 1 saturated heterocycles. The van der Waals surface area contributed by atoms with Gasteiger partial charge in [0.2, 0.25) is 0 Å². The zero-order chi connectivity index (χ0) is 13.2. The Bertz CT molecular complexity index is 505. The number of rotatable bonds is 4. The van der Waals surface area contributed by atoms with Crippen molar-refractivity contribution in [3.63, 3.8) is 0 Å². The molecule has 0 aromatic carbocycles. The Balaban J connectivity index is 1.70. The molecule has 1 aliphatic heterocycles. The first-order valence-corrected chi connectivity index (χ1v) is 7.93. The summed E-state index contributed by atoms with van der Waals surface area (Å²) < 4.78 is 2.09. The third kappa shape index (κ3) is 2.99. The van der Waals surface area contributed by atoms with Gasteiger partial charge in [-0.2, -0.15) is 0 Å². The number of piperidine rings is 1. The second-order valence-corrected chi connectivity index (χ2v) is 6.40. The molecular formula is C14H21N3OS. The van der Waals surface area contributed by atoms with Crippen molar-refractivity contribution < 1.29 is 5.11 Å². The van der Waals surface area contributed by atoms with Gasteiger partial charge in [-0.1, -0.05) is 6.42 Å². The first-order chi connectivity index (χ1) is 9.22. The number of aliphatic hydroxyl groups is 1. The van der Waals surface area contributed by atoms with Gasteiger partial charge < -0.3 is 5.11 Å². The van der Waals surface area contributed by atoms with Crippen LogP contribution in [0.3, 0.4) is 0 Å². The molecule has 104 valence electrons. The average Bonchev–Trinajstić information content (AvgIpc) is 2.91. The fraction of sp³-hybridized carbons (Fsp3) is 0.643. The summed E-state index contributed by atoms with van der Waals surface area (Å²) >= 11 is 1.67. The molecule has 19 heavy (non-hydrogen) atoms. The van der Waals surface area contributed by atoms with Crippen LogP contribution < -0.4 is 0 Å². The van der Waals surface area contributed by atoms with E-state index in [2.05, 4.69) is 32.1 Å². The molecule has 0 bridgehead atoms. The van der Waals surface area contributed by atoms with Gasteiger partial charge in [-0.05, 0) is 32.7 Å². The van der Waals surface area contributed by atoms with Crippen molar-refractivity contribution in [1.82, 2.24) is 14.3 Å². The normalized spacial score (nSPS) is 22.9. The number of nitrogens with zero attached hydrogens (tertiary/aromatic N) is 3. The summed E-state index contributed by atoms with van der Waals surface area (Å²) in [7, 11) is 0. The molecule has 0 spiro atoms. The van der Waals surface area contributed by atoms with E-state index in [1.807, 2.05) is 6.92 Å². The molecule has 0 aliphatic carbocycles. The van der Waals surface area contributed by atoms with Crippen molar-refractivity contribution in [3.05, 3.63) is 23.5 Å². The van der Waals surface area contributed by atoms with Crippen LogP contribution in [0.2, 0.25) is 0 Å². The zero-order valence-electron chi connectivity index (χ0n) is 11.3. The average molecular weight is 279 g/mol. The second-order valence-electron chi connectivity index (χ2n) is 5.53. The molecule has 3 rings (SSSR count). The van der Waals surface area contributed by atoms with Crippen LogP contribution in [-0.4, -0.2) is 38.1 Å². The molecule has 1 aliphatic rings. The summed E-state index contributed by atoms with van der Waals surface area (Å²) in [5, 5.41) is 11.7. The van der Waals surface area contributed by atoms with E-state index in [4.69, 9.17) is 0 Å². The molecule has 5 heteroatoms. The fourth-order valence-corrected chi connectivity index (χ4v) is 3.71. The van der Waals surface area contributed by atoms with Gasteiger partial charge in [0.25, 0.3) is 0 Å². The summed E-state index contributed by atoms with van der Waals surface area (Å²) in [5.74, 6) is 0. The van der Waals surface area contributed by atoms with E-state index in [0.717, 1.165) is 30.2 Å². The highest BCUT2D eigenvalue weighted by Crippen LogP contribution is 2.23. The number of fused-ring (bicyclic) bond motifs is 1. The molecule has 0 amide bonds. The van der Waals surface area contributed by atoms with E-state index in [9.17, 15) is 5.11 Å². The number of aromatic nitrogens is 2. The molecule has 2 unspecified atom stereocenters. The highest BCUT2D eigenvalue weighted by Gasteiger charge is 2.24. The molecule has 4 nitrogen and oxygen atoms in total. The molecule has 1 N–H and O–H groups in total. The van der Waals surface area contributed by atoms with E-state index in [1.165, 1.54) is 19.3 Å². The summed E-state index contributed by atoms with van der Waals surface area (Å²) in [6.45, 7) is 3.92. The van der Waals surface area contributed by atoms with Crippen LogP contribution in [0.15, 0.2) is 17.8 Å². The van der Waals surface area contributed by atoms with E-state index in [-0.39, 0.29) is 6.10 Å². The standard InChI is InChI=1S/C14H21N3OS/c1-11(18)8-13-4-2-3-5-16(13)9-12-10-17-6-7-19-14(17)15-12/h6-7,10-11,13,18H,2-5,8-9H2,1H3. The van der Waals surface area contributed by atoms with Crippen LogP contribution in [0, 0.1) is 0 Å². The van der Waals surface area contributed by atoms with E-state index in [0.29, 0.717) is 6.04 Å². The zero-order valence-corrected chi connectivity index (χ0v) is 12.1. The van der Waals surface area contributed by atoms with Gasteiger partial charge >= 0.3 is 0 Å². The summed E-state index contributed by atoms with van der Waals surface area (Å²) in [6, 6.07) is 0.508. The minimum absolute atomic E-state index is 0.212. The molecule has 0 saturated carbocycles. The van der Waals surface area contributed by atoms with Crippen molar-refractivity contribution in [3.8, 4) is 0 Å². The minimum Gasteiger partial charge on any atom is -0.393 e. The van der Waals surface area contributed by atoms with Gasteiger partial charge in [-0.25, -0.2) is 4.98 Å². The third-order valence-corrected chi connectivity index (χ3v) is 4.64. The quantitative estimate of drug-likeness (QED) is 0.935. The Morgan fingerprint density at radius 1 is 1.53 bits per heavy atom. The number of thiazole rings is 1. The number of aliphatic hydroxyl groups excluding tert-OH is 1. The molecule has 1 fully saturated rings. The predicted octanol–water partition coefficient (Wildman–Crippen LogP) is 2.52. The van der Waals surface area contributed by atoms with Gasteiger partial charge in [0, 0.05) is 30.4 Å². The lowest BCUT2D eigenvalue weighted by molar-refractivity contribution is 0.0810. The Morgan fingerprint density at radius 2 is 2.42 bits per heavy atom. The van der Waals surface area contributed by atoms with Crippen molar-refractivity contribution in [2.24, 2.45) is 0 Å². The Morgan fingerprint density at radius 3 is 3.21 bits per heavy atom.